The van der Waals surface area contributed by atoms with Crippen LogP contribution in [-0.4, -0.2) is 11.7 Å². The van der Waals surface area contributed by atoms with Crippen LogP contribution in [0, 0.1) is 5.41 Å². The number of carbonyl (C=O) groups is 1. The van der Waals surface area contributed by atoms with E-state index in [1.165, 1.54) is 0 Å². The number of rotatable bonds is 3. The number of nitrogens with one attached hydrogen (secondary N) is 1. The molecule has 0 fully saturated rings. The zero-order valence-corrected chi connectivity index (χ0v) is 4.90. The van der Waals surface area contributed by atoms with Crippen LogP contribution in [-0.2, 0) is 4.79 Å². The zero-order chi connectivity index (χ0) is 6.41. The molecule has 0 aromatic carbocycles. The van der Waals surface area contributed by atoms with Crippen molar-refractivity contribution in [2.45, 2.75) is 19.8 Å². The van der Waals surface area contributed by atoms with E-state index in [1.54, 1.807) is 0 Å². The molecule has 0 heterocycles. The van der Waals surface area contributed by atoms with Crippen molar-refractivity contribution >= 4 is 11.7 Å². The zero-order valence-electron chi connectivity index (χ0n) is 4.90. The van der Waals surface area contributed by atoms with Gasteiger partial charge in [0.1, 0.15) is 0 Å². The van der Waals surface area contributed by atoms with Gasteiger partial charge in [-0.05, 0) is 12.3 Å². The fraction of sp³-hybridized carbons (Fsp3) is 0.500. The summed E-state index contributed by atoms with van der Waals surface area (Å²) in [5.74, 6) is 1.92. The van der Waals surface area contributed by atoms with Gasteiger partial charge in [-0.15, -0.1) is 0 Å². The lowest BCUT2D eigenvalue weighted by atomic mass is 10.2. The van der Waals surface area contributed by atoms with Gasteiger partial charge in [0.25, 0.3) is 0 Å². The first-order chi connectivity index (χ1) is 3.81. The number of allylic oxidation sites excluding steroid dienone is 1. The molecule has 1 N–H and O–H groups in total. The van der Waals surface area contributed by atoms with Gasteiger partial charge in [-0.2, -0.15) is 0 Å². The Labute approximate surface area is 48.7 Å². The van der Waals surface area contributed by atoms with Gasteiger partial charge in [-0.3, -0.25) is 10.2 Å². The van der Waals surface area contributed by atoms with E-state index >= 15 is 0 Å². The summed E-state index contributed by atoms with van der Waals surface area (Å²) in [5.41, 5.74) is 0. The second-order valence-corrected chi connectivity index (χ2v) is 1.50. The van der Waals surface area contributed by atoms with Crippen LogP contribution in [0.25, 0.3) is 0 Å². The van der Waals surface area contributed by atoms with Crippen LogP contribution in [0.4, 0.5) is 0 Å². The maximum atomic E-state index is 10.4. The van der Waals surface area contributed by atoms with Crippen molar-refractivity contribution in [3.8, 4) is 0 Å². The quantitative estimate of drug-likeness (QED) is 0.431. The van der Waals surface area contributed by atoms with Gasteiger partial charge in [0.2, 0.25) is 0 Å². The van der Waals surface area contributed by atoms with Gasteiger partial charge in [0.15, 0.2) is 5.78 Å². The van der Waals surface area contributed by atoms with Crippen molar-refractivity contribution in [2.24, 2.45) is 0 Å². The molecule has 0 aromatic rings. The predicted octanol–water partition coefficient (Wildman–Crippen LogP) is 1.16. The molecule has 0 aromatic heterocycles. The van der Waals surface area contributed by atoms with Crippen LogP contribution in [0.3, 0.4) is 0 Å². The Kier molecular flexibility index (Phi) is 3.81. The molecule has 0 saturated carbocycles. The topological polar surface area (TPSA) is 40.9 Å². The fourth-order valence-corrected chi connectivity index (χ4v) is 0.399. The Balaban J connectivity index is 3.49. The molecule has 2 nitrogen and oxygen atoms in total. The van der Waals surface area contributed by atoms with Gasteiger partial charge in [-0.25, -0.2) is 0 Å². The Bertz CT molecular complexity index is 122. The predicted molar refractivity (Wildman–Crippen MR) is 32.2 cm³/mol. The highest BCUT2D eigenvalue weighted by molar-refractivity contribution is 5.96. The molecule has 0 spiro atoms. The van der Waals surface area contributed by atoms with Crippen LogP contribution >= 0.6 is 0 Å². The monoisotopic (exact) mass is 111 g/mol. The molecule has 44 valence electrons. The van der Waals surface area contributed by atoms with Crippen molar-refractivity contribution in [3.05, 3.63) is 6.08 Å². The van der Waals surface area contributed by atoms with Crippen LogP contribution in [0.1, 0.15) is 19.8 Å². The van der Waals surface area contributed by atoms with Crippen LogP contribution in [0.2, 0.25) is 0 Å². The molecule has 0 saturated heterocycles. The molecule has 0 aliphatic rings. The third-order valence-corrected chi connectivity index (χ3v) is 0.730. The van der Waals surface area contributed by atoms with E-state index in [9.17, 15) is 4.79 Å². The van der Waals surface area contributed by atoms with Gasteiger partial charge < -0.3 is 0 Å². The second kappa shape index (κ2) is 4.28. The van der Waals surface area contributed by atoms with Crippen molar-refractivity contribution < 1.29 is 4.79 Å². The molecule has 2 heteroatoms. The molecule has 0 rings (SSSR count). The maximum absolute atomic E-state index is 10.4. The number of ketones is 1. The highest BCUT2D eigenvalue weighted by Gasteiger charge is 1.89. The molecule has 0 atom stereocenters. The second-order valence-electron chi connectivity index (χ2n) is 1.50. The van der Waals surface area contributed by atoms with E-state index in [0.717, 1.165) is 12.5 Å². The SMILES string of the molecule is CCCC(=O)C=C=N. The van der Waals surface area contributed by atoms with Gasteiger partial charge in [0.05, 0.1) is 0 Å². The van der Waals surface area contributed by atoms with Crippen LogP contribution in [0.5, 0.6) is 0 Å². The minimum atomic E-state index is -0.0116. The van der Waals surface area contributed by atoms with E-state index < -0.39 is 0 Å². The van der Waals surface area contributed by atoms with Crippen molar-refractivity contribution in [1.29, 1.82) is 5.41 Å². The van der Waals surface area contributed by atoms with Gasteiger partial charge in [0, 0.05) is 12.5 Å². The molecule has 0 amide bonds. The molecule has 0 unspecified atom stereocenters. The van der Waals surface area contributed by atoms with Crippen LogP contribution < -0.4 is 0 Å². The van der Waals surface area contributed by atoms with Crippen molar-refractivity contribution in [1.82, 2.24) is 0 Å². The molecular formula is C6H9NO. The third kappa shape index (κ3) is 3.32. The Morgan fingerprint density at radius 3 is 2.88 bits per heavy atom. The van der Waals surface area contributed by atoms with Gasteiger partial charge >= 0.3 is 0 Å². The van der Waals surface area contributed by atoms with Crippen molar-refractivity contribution in [3.63, 3.8) is 0 Å². The highest BCUT2D eigenvalue weighted by atomic mass is 16.1. The summed E-state index contributed by atoms with van der Waals surface area (Å²) in [6.07, 6.45) is 2.53. The Morgan fingerprint density at radius 1 is 1.88 bits per heavy atom. The molecule has 0 aliphatic heterocycles. The van der Waals surface area contributed by atoms with E-state index in [2.05, 4.69) is 0 Å². The summed E-state index contributed by atoms with van der Waals surface area (Å²) in [6.45, 7) is 1.93. The summed E-state index contributed by atoms with van der Waals surface area (Å²) in [7, 11) is 0. The first-order valence-corrected chi connectivity index (χ1v) is 2.59. The number of hydrogen-bond acceptors (Lipinski definition) is 2. The summed E-state index contributed by atoms with van der Waals surface area (Å²) in [5, 5.41) is 6.39. The summed E-state index contributed by atoms with van der Waals surface area (Å²) < 4.78 is 0. The molecular weight excluding hydrogens is 102 g/mol. The van der Waals surface area contributed by atoms with E-state index in [4.69, 9.17) is 5.41 Å². The summed E-state index contributed by atoms with van der Waals surface area (Å²) >= 11 is 0. The average molecular weight is 111 g/mol. The van der Waals surface area contributed by atoms with Gasteiger partial charge in [-0.1, -0.05) is 6.92 Å². The minimum Gasteiger partial charge on any atom is -0.294 e. The Morgan fingerprint density at radius 2 is 2.50 bits per heavy atom. The molecule has 0 aliphatic carbocycles. The molecule has 8 heavy (non-hydrogen) atoms. The van der Waals surface area contributed by atoms with E-state index in [-0.39, 0.29) is 5.78 Å². The molecule has 0 bridgehead atoms. The third-order valence-electron chi connectivity index (χ3n) is 0.730. The lowest BCUT2D eigenvalue weighted by Crippen LogP contribution is -1.89. The highest BCUT2D eigenvalue weighted by Crippen LogP contribution is 1.86. The lowest BCUT2D eigenvalue weighted by Gasteiger charge is -1.82. The van der Waals surface area contributed by atoms with E-state index in [0.29, 0.717) is 6.42 Å². The summed E-state index contributed by atoms with van der Waals surface area (Å²) in [4.78, 5) is 10.4. The summed E-state index contributed by atoms with van der Waals surface area (Å²) in [6, 6.07) is 0. The number of hydrogen-bond donors (Lipinski definition) is 1. The fourth-order valence-electron chi connectivity index (χ4n) is 0.399. The first-order valence-electron chi connectivity index (χ1n) is 2.59. The largest absolute Gasteiger partial charge is 0.294 e. The standard InChI is InChI=1S/C6H9NO/c1-2-3-6(8)4-5-7/h4,7H,2-3H2,1H3. The first kappa shape index (κ1) is 7.12. The lowest BCUT2D eigenvalue weighted by molar-refractivity contribution is -0.114. The number of carbonyl (C=O) groups excluding carboxylic acids is 1. The van der Waals surface area contributed by atoms with E-state index in [1.807, 2.05) is 12.8 Å². The normalized spacial score (nSPS) is 7.62. The van der Waals surface area contributed by atoms with Crippen molar-refractivity contribution in [2.75, 3.05) is 0 Å². The molecule has 0 radical (unpaired) electrons. The Hall–Kier alpha value is -0.880. The minimum absolute atomic E-state index is 0.0116. The van der Waals surface area contributed by atoms with Crippen LogP contribution in [0.15, 0.2) is 6.08 Å². The average Bonchev–Trinajstić information content (AvgIpc) is 1.68. The smallest absolute Gasteiger partial charge is 0.164 e. The maximum Gasteiger partial charge on any atom is 0.164 e.